The number of hydrogen-bond acceptors (Lipinski definition) is 2. The van der Waals surface area contributed by atoms with Crippen LogP contribution in [-0.4, -0.2) is 54.5 Å². The van der Waals surface area contributed by atoms with Gasteiger partial charge < -0.3 is 0 Å². The molecule has 0 aromatic carbocycles. The number of halogens is 2. The first-order chi connectivity index (χ1) is 6.20. The molecule has 0 radical (unpaired) electrons. The Morgan fingerprint density at radius 3 is 2.38 bits per heavy atom. The van der Waals surface area contributed by atoms with Crippen LogP contribution in [0.25, 0.3) is 0 Å². The van der Waals surface area contributed by atoms with Crippen molar-refractivity contribution in [3.8, 4) is 0 Å². The number of likely N-dealkylation sites (N-methyl/N-ethyl adjacent to an activating group) is 1. The second kappa shape index (κ2) is 3.50. The summed E-state index contributed by atoms with van der Waals surface area (Å²) in [5, 5.41) is 0. The van der Waals surface area contributed by atoms with Gasteiger partial charge >= 0.3 is 0 Å². The van der Waals surface area contributed by atoms with Gasteiger partial charge in [-0.25, -0.2) is 8.78 Å². The molecule has 2 bridgehead atoms. The minimum atomic E-state index is -2.17. The Kier molecular flexibility index (Phi) is 2.51. The van der Waals surface area contributed by atoms with E-state index in [9.17, 15) is 8.78 Å². The fourth-order valence-electron chi connectivity index (χ4n) is 2.64. The number of piperidine rings is 1. The predicted octanol–water partition coefficient (Wildman–Crippen LogP) is 1.03. The van der Waals surface area contributed by atoms with E-state index in [4.69, 9.17) is 0 Å². The molecule has 76 valence electrons. The van der Waals surface area contributed by atoms with E-state index >= 15 is 0 Å². The van der Waals surface area contributed by atoms with Crippen LogP contribution in [0.4, 0.5) is 8.78 Å². The second-order valence-corrected chi connectivity index (χ2v) is 3.98. The van der Waals surface area contributed by atoms with Crippen molar-refractivity contribution in [1.82, 2.24) is 9.80 Å². The van der Waals surface area contributed by atoms with E-state index in [1.165, 1.54) is 6.42 Å². The van der Waals surface area contributed by atoms with Gasteiger partial charge in [0.25, 0.3) is 6.43 Å². The Labute approximate surface area is 77.5 Å². The van der Waals surface area contributed by atoms with Gasteiger partial charge in [-0.05, 0) is 13.0 Å². The monoisotopic (exact) mass is 190 g/mol. The first-order valence-electron chi connectivity index (χ1n) is 4.97. The Balaban J connectivity index is 1.82. The minimum Gasteiger partial charge on any atom is -0.295 e. The zero-order valence-corrected chi connectivity index (χ0v) is 7.92. The summed E-state index contributed by atoms with van der Waals surface area (Å²) in [5.41, 5.74) is 0. The van der Waals surface area contributed by atoms with Crippen molar-refractivity contribution in [2.75, 3.05) is 26.2 Å². The van der Waals surface area contributed by atoms with Crippen molar-refractivity contribution in [2.45, 2.75) is 31.9 Å². The summed E-state index contributed by atoms with van der Waals surface area (Å²) in [5.74, 6) is 0. The van der Waals surface area contributed by atoms with Crippen LogP contribution in [0.5, 0.6) is 0 Å². The quantitative estimate of drug-likeness (QED) is 0.656. The standard InChI is InChI=1S/C9H16F2N2/c1-2-13-7-3-8(13)5-12(4-7)6-9(10)11/h7-9H,2-6H2,1H3. The molecular formula is C9H16F2N2. The van der Waals surface area contributed by atoms with E-state index in [-0.39, 0.29) is 6.54 Å². The Bertz CT molecular complexity index is 174. The van der Waals surface area contributed by atoms with Crippen LogP contribution in [0.2, 0.25) is 0 Å². The minimum absolute atomic E-state index is 0.0371. The lowest BCUT2D eigenvalue weighted by Gasteiger charge is -2.56. The average molecular weight is 190 g/mol. The second-order valence-electron chi connectivity index (χ2n) is 3.98. The molecule has 3 aliphatic rings. The van der Waals surface area contributed by atoms with Gasteiger partial charge in [-0.3, -0.25) is 9.80 Å². The third kappa shape index (κ3) is 1.70. The van der Waals surface area contributed by atoms with Gasteiger partial charge in [-0.1, -0.05) is 6.92 Å². The third-order valence-electron chi connectivity index (χ3n) is 3.18. The number of fused-ring (bicyclic) bond motifs is 2. The maximum Gasteiger partial charge on any atom is 0.251 e. The molecule has 2 nitrogen and oxygen atoms in total. The summed E-state index contributed by atoms with van der Waals surface area (Å²) in [6.07, 6.45) is -0.958. The molecule has 3 aliphatic heterocycles. The van der Waals surface area contributed by atoms with Crippen molar-refractivity contribution in [2.24, 2.45) is 0 Å². The maximum atomic E-state index is 12.1. The number of nitrogens with zero attached hydrogens (tertiary/aromatic N) is 2. The van der Waals surface area contributed by atoms with Gasteiger partial charge in [0.05, 0.1) is 6.54 Å². The smallest absolute Gasteiger partial charge is 0.251 e. The van der Waals surface area contributed by atoms with E-state index < -0.39 is 6.43 Å². The Morgan fingerprint density at radius 2 is 1.92 bits per heavy atom. The van der Waals surface area contributed by atoms with E-state index in [0.29, 0.717) is 12.1 Å². The molecule has 3 heterocycles. The molecule has 13 heavy (non-hydrogen) atoms. The normalized spacial score (nSPS) is 35.1. The van der Waals surface area contributed by atoms with E-state index in [1.807, 2.05) is 4.90 Å². The molecule has 0 spiro atoms. The highest BCUT2D eigenvalue weighted by Crippen LogP contribution is 2.31. The van der Waals surface area contributed by atoms with Gasteiger partial charge in [0, 0.05) is 25.2 Å². The van der Waals surface area contributed by atoms with Crippen LogP contribution < -0.4 is 0 Å². The molecule has 0 aromatic heterocycles. The number of rotatable bonds is 3. The third-order valence-corrected chi connectivity index (χ3v) is 3.18. The predicted molar refractivity (Wildman–Crippen MR) is 47.0 cm³/mol. The molecule has 0 amide bonds. The van der Waals surface area contributed by atoms with Crippen LogP contribution in [0.3, 0.4) is 0 Å². The molecule has 2 atom stereocenters. The van der Waals surface area contributed by atoms with E-state index in [0.717, 1.165) is 19.6 Å². The van der Waals surface area contributed by atoms with Crippen LogP contribution in [0, 0.1) is 0 Å². The fraction of sp³-hybridized carbons (Fsp3) is 1.00. The van der Waals surface area contributed by atoms with Crippen molar-refractivity contribution >= 4 is 0 Å². The van der Waals surface area contributed by atoms with Gasteiger partial charge in [0.15, 0.2) is 0 Å². The maximum absolute atomic E-state index is 12.1. The van der Waals surface area contributed by atoms with Crippen LogP contribution in [0.1, 0.15) is 13.3 Å². The molecular weight excluding hydrogens is 174 g/mol. The lowest BCUT2D eigenvalue weighted by molar-refractivity contribution is -0.0777. The molecule has 0 aliphatic carbocycles. The summed E-state index contributed by atoms with van der Waals surface area (Å²) >= 11 is 0. The topological polar surface area (TPSA) is 6.48 Å². The van der Waals surface area contributed by atoms with E-state index in [2.05, 4.69) is 11.8 Å². The molecule has 0 saturated carbocycles. The molecule has 3 rings (SSSR count). The first kappa shape index (κ1) is 9.34. The number of alkyl halides is 2. The van der Waals surface area contributed by atoms with Gasteiger partial charge in [0.2, 0.25) is 0 Å². The highest BCUT2D eigenvalue weighted by molar-refractivity contribution is 5.00. The Hall–Kier alpha value is -0.220. The summed E-state index contributed by atoms with van der Waals surface area (Å²) < 4.78 is 24.2. The molecule has 0 aromatic rings. The summed E-state index contributed by atoms with van der Waals surface area (Å²) in [7, 11) is 0. The molecule has 2 unspecified atom stereocenters. The Morgan fingerprint density at radius 1 is 1.31 bits per heavy atom. The van der Waals surface area contributed by atoms with E-state index in [1.54, 1.807) is 0 Å². The van der Waals surface area contributed by atoms with Crippen molar-refractivity contribution < 1.29 is 8.78 Å². The fourth-order valence-corrected chi connectivity index (χ4v) is 2.64. The average Bonchev–Trinajstić information content (AvgIpc) is 2.03. The lowest BCUT2D eigenvalue weighted by atomic mass is 9.87. The number of hydrogen-bond donors (Lipinski definition) is 0. The lowest BCUT2D eigenvalue weighted by Crippen LogP contribution is -2.68. The summed E-state index contributed by atoms with van der Waals surface area (Å²) in [6.45, 7) is 4.85. The highest BCUT2D eigenvalue weighted by Gasteiger charge is 2.43. The first-order valence-corrected chi connectivity index (χ1v) is 4.97. The zero-order chi connectivity index (χ0) is 9.42. The molecule has 3 fully saturated rings. The van der Waals surface area contributed by atoms with Crippen molar-refractivity contribution in [1.29, 1.82) is 0 Å². The van der Waals surface area contributed by atoms with Crippen LogP contribution >= 0.6 is 0 Å². The summed E-state index contributed by atoms with van der Waals surface area (Å²) in [6, 6.07) is 1.12. The molecule has 0 N–H and O–H groups in total. The summed E-state index contributed by atoms with van der Waals surface area (Å²) in [4.78, 5) is 4.32. The SMILES string of the molecule is CCN1C2CC1CN(CC(F)F)C2. The van der Waals surface area contributed by atoms with Crippen molar-refractivity contribution in [3.63, 3.8) is 0 Å². The van der Waals surface area contributed by atoms with Crippen LogP contribution in [0.15, 0.2) is 0 Å². The highest BCUT2D eigenvalue weighted by atomic mass is 19.3. The number of piperazine rings is 1. The van der Waals surface area contributed by atoms with Gasteiger partial charge in [-0.2, -0.15) is 0 Å². The van der Waals surface area contributed by atoms with Crippen LogP contribution in [-0.2, 0) is 0 Å². The molecule has 3 saturated heterocycles. The van der Waals surface area contributed by atoms with Gasteiger partial charge in [0.1, 0.15) is 0 Å². The zero-order valence-electron chi connectivity index (χ0n) is 7.92. The van der Waals surface area contributed by atoms with Gasteiger partial charge in [-0.15, -0.1) is 0 Å². The molecule has 4 heteroatoms. The van der Waals surface area contributed by atoms with Crippen molar-refractivity contribution in [3.05, 3.63) is 0 Å². The largest absolute Gasteiger partial charge is 0.295 e.